The van der Waals surface area contributed by atoms with E-state index in [1.54, 1.807) is 12.3 Å². The van der Waals surface area contributed by atoms with E-state index in [9.17, 15) is 4.79 Å². The largest absolute Gasteiger partial charge is 0.370 e. The van der Waals surface area contributed by atoms with Crippen molar-refractivity contribution in [2.24, 2.45) is 5.92 Å². The lowest BCUT2D eigenvalue weighted by Crippen LogP contribution is -2.41. The summed E-state index contributed by atoms with van der Waals surface area (Å²) in [6, 6.07) is 7.35. The molecule has 1 fully saturated rings. The second-order valence-corrected chi connectivity index (χ2v) is 6.24. The van der Waals surface area contributed by atoms with E-state index in [4.69, 9.17) is 4.52 Å². The van der Waals surface area contributed by atoms with Crippen LogP contribution < -0.4 is 10.6 Å². The van der Waals surface area contributed by atoms with Crippen LogP contribution in [0.3, 0.4) is 0 Å². The molecule has 1 aliphatic rings. The van der Waals surface area contributed by atoms with E-state index in [1.807, 2.05) is 32.0 Å². The van der Waals surface area contributed by atoms with Gasteiger partial charge in [-0.25, -0.2) is 4.98 Å². The maximum absolute atomic E-state index is 12.3. The smallest absolute Gasteiger partial charge is 0.243 e. The molecular formula is C17H23N5O2. The first-order valence-corrected chi connectivity index (χ1v) is 8.25. The van der Waals surface area contributed by atoms with Crippen molar-refractivity contribution in [2.45, 2.75) is 26.3 Å². The zero-order valence-electron chi connectivity index (χ0n) is 14.0. The predicted molar refractivity (Wildman–Crippen MR) is 91.7 cm³/mol. The Kier molecular flexibility index (Phi) is 5.10. The first-order chi connectivity index (χ1) is 11.6. The van der Waals surface area contributed by atoms with Gasteiger partial charge in [0.1, 0.15) is 5.82 Å². The molecule has 2 N–H and O–H groups in total. The lowest BCUT2D eigenvalue weighted by molar-refractivity contribution is -0.120. The summed E-state index contributed by atoms with van der Waals surface area (Å²) in [5.41, 5.74) is 0.750. The third kappa shape index (κ3) is 4.11. The predicted octanol–water partition coefficient (Wildman–Crippen LogP) is 2.14. The van der Waals surface area contributed by atoms with E-state index in [0.29, 0.717) is 11.8 Å². The summed E-state index contributed by atoms with van der Waals surface area (Å²) in [6.45, 7) is 6.42. The minimum Gasteiger partial charge on any atom is -0.370 e. The van der Waals surface area contributed by atoms with Gasteiger partial charge in [0, 0.05) is 25.4 Å². The van der Waals surface area contributed by atoms with E-state index >= 15 is 0 Å². The molecule has 7 nitrogen and oxygen atoms in total. The molecule has 2 atom stereocenters. The minimum absolute atomic E-state index is 0.0653. The minimum atomic E-state index is -0.199. The summed E-state index contributed by atoms with van der Waals surface area (Å²) in [5, 5.41) is 9.91. The van der Waals surface area contributed by atoms with Crippen LogP contribution in [0, 0.1) is 12.8 Å². The monoisotopic (exact) mass is 329 g/mol. The number of pyridine rings is 1. The molecule has 1 aliphatic heterocycles. The number of anilines is 2. The molecule has 3 heterocycles. The average molecular weight is 329 g/mol. The number of carbonyl (C=O) groups is 1. The van der Waals surface area contributed by atoms with Gasteiger partial charge in [-0.05, 0) is 44.9 Å². The molecule has 128 valence electrons. The number of hydrogen-bond acceptors (Lipinski definition) is 6. The summed E-state index contributed by atoms with van der Waals surface area (Å²) in [7, 11) is 0. The average Bonchev–Trinajstić information content (AvgIpc) is 3.22. The molecule has 0 unspecified atom stereocenters. The summed E-state index contributed by atoms with van der Waals surface area (Å²) in [5.74, 6) is 1.73. The third-order valence-electron chi connectivity index (χ3n) is 4.36. The second kappa shape index (κ2) is 7.44. The quantitative estimate of drug-likeness (QED) is 0.845. The Morgan fingerprint density at radius 1 is 1.50 bits per heavy atom. The molecule has 1 saturated heterocycles. The SMILES string of the molecule is Cc1cc(NC(=O)[C@@H](C)N2CC[C@@H](CNc3ccccn3)C2)on1. The molecule has 2 aromatic heterocycles. The van der Waals surface area contributed by atoms with Crippen LogP contribution in [0.25, 0.3) is 0 Å². The van der Waals surface area contributed by atoms with Crippen LogP contribution >= 0.6 is 0 Å². The van der Waals surface area contributed by atoms with Gasteiger partial charge < -0.3 is 9.84 Å². The van der Waals surface area contributed by atoms with Crippen LogP contribution in [-0.4, -0.2) is 46.6 Å². The summed E-state index contributed by atoms with van der Waals surface area (Å²) >= 11 is 0. The standard InChI is InChI=1S/C17H23N5O2/c1-12-9-16(24-21-12)20-17(23)13(2)22-8-6-14(11-22)10-19-15-5-3-4-7-18-15/h3-5,7,9,13-14H,6,8,10-11H2,1-2H3,(H,18,19)(H,20,23)/t13-,14+/m1/s1. The van der Waals surface area contributed by atoms with Crippen LogP contribution in [0.2, 0.25) is 0 Å². The first-order valence-electron chi connectivity index (χ1n) is 8.25. The Labute approximate surface area is 141 Å². The van der Waals surface area contributed by atoms with Gasteiger partial charge in [-0.15, -0.1) is 0 Å². The Morgan fingerprint density at radius 2 is 2.38 bits per heavy atom. The Bertz CT molecular complexity index is 673. The van der Waals surface area contributed by atoms with Gasteiger partial charge in [0.25, 0.3) is 0 Å². The molecule has 1 amide bonds. The van der Waals surface area contributed by atoms with Crippen molar-refractivity contribution >= 4 is 17.6 Å². The van der Waals surface area contributed by atoms with Crippen molar-refractivity contribution in [3.63, 3.8) is 0 Å². The van der Waals surface area contributed by atoms with Crippen LogP contribution in [0.4, 0.5) is 11.7 Å². The molecule has 3 rings (SSSR count). The van der Waals surface area contributed by atoms with E-state index in [1.165, 1.54) is 0 Å². The first kappa shape index (κ1) is 16.4. The van der Waals surface area contributed by atoms with Gasteiger partial charge in [-0.1, -0.05) is 11.2 Å². The van der Waals surface area contributed by atoms with Crippen LogP contribution in [0.15, 0.2) is 35.0 Å². The maximum Gasteiger partial charge on any atom is 0.243 e. The number of likely N-dealkylation sites (tertiary alicyclic amines) is 1. The lowest BCUT2D eigenvalue weighted by Gasteiger charge is -2.23. The number of aromatic nitrogens is 2. The molecule has 0 radical (unpaired) electrons. The molecule has 2 aromatic rings. The van der Waals surface area contributed by atoms with Crippen molar-refractivity contribution < 1.29 is 9.32 Å². The van der Waals surface area contributed by atoms with Gasteiger partial charge in [-0.2, -0.15) is 0 Å². The van der Waals surface area contributed by atoms with E-state index in [-0.39, 0.29) is 11.9 Å². The molecule has 24 heavy (non-hydrogen) atoms. The van der Waals surface area contributed by atoms with Gasteiger partial charge >= 0.3 is 0 Å². The summed E-state index contributed by atoms with van der Waals surface area (Å²) in [4.78, 5) is 18.8. The van der Waals surface area contributed by atoms with Crippen LogP contribution in [0.1, 0.15) is 19.0 Å². The fourth-order valence-corrected chi connectivity index (χ4v) is 2.91. The number of rotatable bonds is 6. The molecule has 7 heteroatoms. The van der Waals surface area contributed by atoms with Gasteiger partial charge in [-0.3, -0.25) is 15.0 Å². The van der Waals surface area contributed by atoms with Crippen molar-refractivity contribution in [3.05, 3.63) is 36.2 Å². The highest BCUT2D eigenvalue weighted by Gasteiger charge is 2.29. The zero-order chi connectivity index (χ0) is 16.9. The zero-order valence-corrected chi connectivity index (χ0v) is 14.0. The Balaban J connectivity index is 1.46. The molecular weight excluding hydrogens is 306 g/mol. The number of nitrogens with zero attached hydrogens (tertiary/aromatic N) is 3. The van der Waals surface area contributed by atoms with Crippen LogP contribution in [0.5, 0.6) is 0 Å². The van der Waals surface area contributed by atoms with Crippen molar-refractivity contribution in [2.75, 3.05) is 30.3 Å². The number of hydrogen-bond donors (Lipinski definition) is 2. The molecule has 0 bridgehead atoms. The topological polar surface area (TPSA) is 83.3 Å². The number of carbonyl (C=O) groups excluding carboxylic acids is 1. The van der Waals surface area contributed by atoms with E-state index in [0.717, 1.165) is 37.6 Å². The Hall–Kier alpha value is -2.41. The third-order valence-corrected chi connectivity index (χ3v) is 4.36. The highest BCUT2D eigenvalue weighted by molar-refractivity contribution is 5.93. The number of nitrogens with one attached hydrogen (secondary N) is 2. The summed E-state index contributed by atoms with van der Waals surface area (Å²) < 4.78 is 5.04. The fourth-order valence-electron chi connectivity index (χ4n) is 2.91. The Morgan fingerprint density at radius 3 is 3.08 bits per heavy atom. The van der Waals surface area contributed by atoms with Crippen molar-refractivity contribution in [1.82, 2.24) is 15.0 Å². The molecule has 0 saturated carbocycles. The molecule has 0 aliphatic carbocycles. The van der Waals surface area contributed by atoms with E-state index in [2.05, 4.69) is 25.7 Å². The van der Waals surface area contributed by atoms with Gasteiger partial charge in [0.15, 0.2) is 0 Å². The van der Waals surface area contributed by atoms with Crippen molar-refractivity contribution in [1.29, 1.82) is 0 Å². The van der Waals surface area contributed by atoms with Crippen molar-refractivity contribution in [3.8, 4) is 0 Å². The molecule has 0 aromatic carbocycles. The molecule has 0 spiro atoms. The van der Waals surface area contributed by atoms with E-state index < -0.39 is 0 Å². The fraction of sp³-hybridized carbons (Fsp3) is 0.471. The highest BCUT2D eigenvalue weighted by atomic mass is 16.5. The normalized spacial score (nSPS) is 19.2. The van der Waals surface area contributed by atoms with Crippen LogP contribution in [-0.2, 0) is 4.79 Å². The number of amides is 1. The second-order valence-electron chi connectivity index (χ2n) is 6.24. The number of aryl methyl sites for hydroxylation is 1. The van der Waals surface area contributed by atoms with Gasteiger partial charge in [0.05, 0.1) is 11.7 Å². The lowest BCUT2D eigenvalue weighted by atomic mass is 10.1. The maximum atomic E-state index is 12.3. The highest BCUT2D eigenvalue weighted by Crippen LogP contribution is 2.20. The summed E-state index contributed by atoms with van der Waals surface area (Å²) in [6.07, 6.45) is 2.85. The van der Waals surface area contributed by atoms with Gasteiger partial charge in [0.2, 0.25) is 11.8 Å².